The van der Waals surface area contributed by atoms with E-state index in [-0.39, 0.29) is 5.78 Å². The highest BCUT2D eigenvalue weighted by atomic mass is 16.1. The van der Waals surface area contributed by atoms with Crippen LogP contribution in [0.25, 0.3) is 0 Å². The van der Waals surface area contributed by atoms with Crippen LogP contribution in [0.2, 0.25) is 0 Å². The van der Waals surface area contributed by atoms with Gasteiger partial charge in [0, 0.05) is 6.42 Å². The van der Waals surface area contributed by atoms with E-state index in [1.807, 2.05) is 56.3 Å². The smallest absolute Gasteiger partial charge is 0.161 e. The number of rotatable bonds is 4. The Kier molecular flexibility index (Phi) is 4.05. The molecule has 2 nitrogen and oxygen atoms in total. The summed E-state index contributed by atoms with van der Waals surface area (Å²) in [7, 11) is 0. The Labute approximate surface area is 120 Å². The molecule has 0 heterocycles. The molecule has 2 aromatic rings. The van der Waals surface area contributed by atoms with Gasteiger partial charge in [-0.2, -0.15) is 0 Å². The Bertz CT molecular complexity index is 594. The lowest BCUT2D eigenvalue weighted by Gasteiger charge is -2.24. The Morgan fingerprint density at radius 3 is 2.15 bits per heavy atom. The third-order valence-corrected chi connectivity index (χ3v) is 3.60. The van der Waals surface area contributed by atoms with E-state index in [1.165, 1.54) is 11.1 Å². The van der Waals surface area contributed by atoms with Crippen LogP contribution in [0.3, 0.4) is 0 Å². The van der Waals surface area contributed by atoms with Crippen LogP contribution in [-0.2, 0) is 16.8 Å². The summed E-state index contributed by atoms with van der Waals surface area (Å²) in [4.78, 5) is 12.5. The van der Waals surface area contributed by atoms with Gasteiger partial charge in [0.15, 0.2) is 5.78 Å². The predicted octanol–water partition coefficient (Wildman–Crippen LogP) is 3.29. The number of hydrogen-bond acceptors (Lipinski definition) is 2. The van der Waals surface area contributed by atoms with Crippen molar-refractivity contribution in [3.63, 3.8) is 0 Å². The van der Waals surface area contributed by atoms with E-state index < -0.39 is 5.54 Å². The fourth-order valence-electron chi connectivity index (χ4n) is 2.49. The van der Waals surface area contributed by atoms with E-state index in [0.29, 0.717) is 6.42 Å². The summed E-state index contributed by atoms with van der Waals surface area (Å²) in [5.41, 5.74) is 9.54. The molecule has 1 unspecified atom stereocenters. The number of carbonyl (C=O) groups excluding carboxylic acids is 1. The molecule has 0 aliphatic carbocycles. The minimum Gasteiger partial charge on any atom is -0.315 e. The maximum Gasteiger partial charge on any atom is 0.161 e. The lowest BCUT2D eigenvalue weighted by molar-refractivity contribution is -0.123. The van der Waals surface area contributed by atoms with Crippen LogP contribution in [0.15, 0.2) is 48.5 Å². The van der Waals surface area contributed by atoms with E-state index in [1.54, 1.807) is 6.92 Å². The molecule has 0 aliphatic heterocycles. The van der Waals surface area contributed by atoms with E-state index in [4.69, 9.17) is 5.73 Å². The first-order valence-corrected chi connectivity index (χ1v) is 6.84. The van der Waals surface area contributed by atoms with E-state index in [0.717, 1.165) is 11.1 Å². The van der Waals surface area contributed by atoms with Crippen LogP contribution in [-0.4, -0.2) is 5.78 Å². The van der Waals surface area contributed by atoms with Gasteiger partial charge in [-0.15, -0.1) is 0 Å². The summed E-state index contributed by atoms with van der Waals surface area (Å²) in [5.74, 6) is 0.0358. The van der Waals surface area contributed by atoms with Crippen molar-refractivity contribution in [3.8, 4) is 0 Å². The van der Waals surface area contributed by atoms with Crippen molar-refractivity contribution in [3.05, 3.63) is 70.8 Å². The van der Waals surface area contributed by atoms with Gasteiger partial charge >= 0.3 is 0 Å². The van der Waals surface area contributed by atoms with Crippen molar-refractivity contribution < 1.29 is 4.79 Å². The zero-order chi connectivity index (χ0) is 14.8. The van der Waals surface area contributed by atoms with Crippen molar-refractivity contribution in [1.82, 2.24) is 0 Å². The molecule has 2 heteroatoms. The van der Waals surface area contributed by atoms with Gasteiger partial charge in [-0.3, -0.25) is 4.79 Å². The van der Waals surface area contributed by atoms with Gasteiger partial charge in [-0.1, -0.05) is 59.7 Å². The summed E-state index contributed by atoms with van der Waals surface area (Å²) >= 11 is 0. The number of ketones is 1. The average Bonchev–Trinajstić information content (AvgIpc) is 2.38. The molecule has 0 aromatic heterocycles. The van der Waals surface area contributed by atoms with Crippen molar-refractivity contribution in [2.24, 2.45) is 5.73 Å². The highest BCUT2D eigenvalue weighted by molar-refractivity contribution is 5.90. The molecule has 20 heavy (non-hydrogen) atoms. The topological polar surface area (TPSA) is 43.1 Å². The highest BCUT2D eigenvalue weighted by Gasteiger charge is 2.29. The molecule has 104 valence electrons. The maximum atomic E-state index is 12.5. The summed E-state index contributed by atoms with van der Waals surface area (Å²) in [6.07, 6.45) is 0.365. The van der Waals surface area contributed by atoms with E-state index in [2.05, 4.69) is 6.07 Å². The SMILES string of the molecule is Cc1cc(C)cc(CC(=O)C(C)(N)c2ccccc2)c1. The van der Waals surface area contributed by atoms with Gasteiger partial charge in [-0.05, 0) is 31.9 Å². The molecule has 2 rings (SSSR count). The van der Waals surface area contributed by atoms with Gasteiger partial charge in [0.05, 0.1) is 5.54 Å². The van der Waals surface area contributed by atoms with E-state index in [9.17, 15) is 4.79 Å². The molecule has 0 spiro atoms. The number of hydrogen-bond donors (Lipinski definition) is 1. The second-order valence-electron chi connectivity index (χ2n) is 5.66. The zero-order valence-electron chi connectivity index (χ0n) is 12.3. The average molecular weight is 267 g/mol. The molecule has 0 aliphatic rings. The number of Topliss-reactive ketones (excluding diaryl/α,β-unsaturated/α-hetero) is 1. The molecule has 1 atom stereocenters. The fourth-order valence-corrected chi connectivity index (χ4v) is 2.49. The maximum absolute atomic E-state index is 12.5. The second-order valence-corrected chi connectivity index (χ2v) is 5.66. The lowest BCUT2D eigenvalue weighted by Crippen LogP contribution is -2.42. The number of carbonyl (C=O) groups is 1. The first kappa shape index (κ1) is 14.5. The Balaban J connectivity index is 2.23. The van der Waals surface area contributed by atoms with Crippen molar-refractivity contribution in [2.45, 2.75) is 32.7 Å². The van der Waals surface area contributed by atoms with Gasteiger partial charge in [0.2, 0.25) is 0 Å². The van der Waals surface area contributed by atoms with E-state index >= 15 is 0 Å². The first-order valence-electron chi connectivity index (χ1n) is 6.84. The largest absolute Gasteiger partial charge is 0.315 e. The standard InChI is InChI=1S/C18H21NO/c1-13-9-14(2)11-15(10-13)12-17(20)18(3,19)16-7-5-4-6-8-16/h4-11H,12,19H2,1-3H3. The van der Waals surface area contributed by atoms with Crippen molar-refractivity contribution >= 4 is 5.78 Å². The monoisotopic (exact) mass is 267 g/mol. The number of aryl methyl sites for hydroxylation is 2. The molecular formula is C18H21NO. The highest BCUT2D eigenvalue weighted by Crippen LogP contribution is 2.21. The number of benzene rings is 2. The van der Waals surface area contributed by atoms with Crippen LogP contribution in [0.5, 0.6) is 0 Å². The third kappa shape index (κ3) is 3.14. The molecule has 2 N–H and O–H groups in total. The van der Waals surface area contributed by atoms with Crippen LogP contribution in [0.1, 0.15) is 29.2 Å². The Morgan fingerprint density at radius 2 is 1.60 bits per heavy atom. The molecule has 0 fully saturated rings. The van der Waals surface area contributed by atoms with Gasteiger partial charge in [0.25, 0.3) is 0 Å². The minimum absolute atomic E-state index is 0.0358. The first-order chi connectivity index (χ1) is 9.39. The van der Waals surface area contributed by atoms with Gasteiger partial charge in [0.1, 0.15) is 0 Å². The molecule has 0 radical (unpaired) electrons. The summed E-state index contributed by atoms with van der Waals surface area (Å²) in [5, 5.41) is 0. The van der Waals surface area contributed by atoms with Crippen LogP contribution < -0.4 is 5.73 Å². The molecule has 2 aromatic carbocycles. The fraction of sp³-hybridized carbons (Fsp3) is 0.278. The number of nitrogens with two attached hydrogens (primary N) is 1. The summed E-state index contributed by atoms with van der Waals surface area (Å²) in [6, 6.07) is 15.7. The molecule has 0 saturated heterocycles. The Morgan fingerprint density at radius 1 is 1.05 bits per heavy atom. The third-order valence-electron chi connectivity index (χ3n) is 3.60. The summed E-state index contributed by atoms with van der Waals surface area (Å²) < 4.78 is 0. The molecular weight excluding hydrogens is 246 g/mol. The molecule has 0 amide bonds. The van der Waals surface area contributed by atoms with Gasteiger partial charge < -0.3 is 5.73 Å². The van der Waals surface area contributed by atoms with Crippen LogP contribution in [0, 0.1) is 13.8 Å². The Hall–Kier alpha value is -1.93. The van der Waals surface area contributed by atoms with Crippen LogP contribution >= 0.6 is 0 Å². The lowest BCUT2D eigenvalue weighted by atomic mass is 9.85. The van der Waals surface area contributed by atoms with Crippen LogP contribution in [0.4, 0.5) is 0 Å². The zero-order valence-corrected chi connectivity index (χ0v) is 12.3. The summed E-state index contributed by atoms with van der Waals surface area (Å²) in [6.45, 7) is 5.87. The van der Waals surface area contributed by atoms with Gasteiger partial charge in [-0.25, -0.2) is 0 Å². The van der Waals surface area contributed by atoms with Crippen molar-refractivity contribution in [1.29, 1.82) is 0 Å². The molecule has 0 saturated carbocycles. The minimum atomic E-state index is -0.946. The normalized spacial score (nSPS) is 13.8. The second kappa shape index (κ2) is 5.59. The molecule has 0 bridgehead atoms. The van der Waals surface area contributed by atoms with Crippen molar-refractivity contribution in [2.75, 3.05) is 0 Å². The predicted molar refractivity (Wildman–Crippen MR) is 82.6 cm³/mol. The quantitative estimate of drug-likeness (QED) is 0.923.